The highest BCUT2D eigenvalue weighted by Crippen LogP contribution is 2.19. The molecule has 0 fully saturated rings. The summed E-state index contributed by atoms with van der Waals surface area (Å²) < 4.78 is 16.9. The SMILES string of the molecule is CCCCCCCCCCCCCCCCCCCCCC(=O)OC[C@H](COC(=O)CCCCCCCCCCC(C)CC)OC(=O)CCCCCCCCCCCCCCCCC(C)C. The topological polar surface area (TPSA) is 78.9 Å². The highest BCUT2D eigenvalue weighted by atomic mass is 16.6. The minimum atomic E-state index is -0.763. The van der Waals surface area contributed by atoms with Gasteiger partial charge in [0.15, 0.2) is 6.10 Å². The van der Waals surface area contributed by atoms with Gasteiger partial charge in [0.2, 0.25) is 0 Å². The molecule has 0 saturated carbocycles. The number of unbranched alkanes of at least 4 members (excludes halogenated alkanes) is 38. The second-order valence-corrected chi connectivity index (χ2v) is 21.4. The van der Waals surface area contributed by atoms with Crippen molar-refractivity contribution in [3.8, 4) is 0 Å². The number of hydrogen-bond acceptors (Lipinski definition) is 6. The molecule has 0 aliphatic rings. The average molecular weight is 934 g/mol. The molecule has 0 saturated heterocycles. The molecule has 6 heteroatoms. The van der Waals surface area contributed by atoms with E-state index in [9.17, 15) is 14.4 Å². The maximum absolute atomic E-state index is 12.9. The van der Waals surface area contributed by atoms with Gasteiger partial charge in [0.05, 0.1) is 0 Å². The molecular formula is C60H116O6. The quantitative estimate of drug-likeness (QED) is 0.0343. The molecule has 0 aromatic rings. The van der Waals surface area contributed by atoms with Crippen LogP contribution in [0.2, 0.25) is 0 Å². The van der Waals surface area contributed by atoms with E-state index in [-0.39, 0.29) is 31.1 Å². The van der Waals surface area contributed by atoms with Crippen molar-refractivity contribution < 1.29 is 28.6 Å². The zero-order valence-corrected chi connectivity index (χ0v) is 45.3. The smallest absolute Gasteiger partial charge is 0.306 e. The summed E-state index contributed by atoms with van der Waals surface area (Å²) in [6.45, 7) is 11.4. The van der Waals surface area contributed by atoms with Crippen molar-refractivity contribution in [1.29, 1.82) is 0 Å². The van der Waals surface area contributed by atoms with Crippen molar-refractivity contribution in [2.75, 3.05) is 13.2 Å². The van der Waals surface area contributed by atoms with Gasteiger partial charge in [0.1, 0.15) is 13.2 Å². The van der Waals surface area contributed by atoms with Gasteiger partial charge in [-0.2, -0.15) is 0 Å². The van der Waals surface area contributed by atoms with E-state index in [0.29, 0.717) is 19.3 Å². The van der Waals surface area contributed by atoms with Crippen LogP contribution in [0, 0.1) is 11.8 Å². The molecule has 392 valence electrons. The maximum atomic E-state index is 12.9. The van der Waals surface area contributed by atoms with E-state index < -0.39 is 6.10 Å². The minimum absolute atomic E-state index is 0.0629. The fourth-order valence-corrected chi connectivity index (χ4v) is 9.20. The Kier molecular flexibility index (Phi) is 51.5. The van der Waals surface area contributed by atoms with Gasteiger partial charge >= 0.3 is 17.9 Å². The van der Waals surface area contributed by atoms with E-state index in [1.807, 2.05) is 0 Å². The number of carbonyl (C=O) groups is 3. The van der Waals surface area contributed by atoms with Crippen molar-refractivity contribution in [2.45, 2.75) is 343 Å². The lowest BCUT2D eigenvalue weighted by Gasteiger charge is -2.18. The first-order chi connectivity index (χ1) is 32.3. The number of rotatable bonds is 54. The van der Waals surface area contributed by atoms with Crippen LogP contribution in [0.15, 0.2) is 0 Å². The van der Waals surface area contributed by atoms with E-state index in [1.165, 1.54) is 225 Å². The molecule has 0 heterocycles. The van der Waals surface area contributed by atoms with Crippen molar-refractivity contribution in [3.05, 3.63) is 0 Å². The first kappa shape index (κ1) is 64.4. The van der Waals surface area contributed by atoms with Gasteiger partial charge in [-0.25, -0.2) is 0 Å². The summed E-state index contributed by atoms with van der Waals surface area (Å²) in [5.74, 6) is 0.851. The predicted molar refractivity (Wildman–Crippen MR) is 284 cm³/mol. The van der Waals surface area contributed by atoms with E-state index in [0.717, 1.165) is 69.6 Å². The fourth-order valence-electron chi connectivity index (χ4n) is 9.20. The third-order valence-electron chi connectivity index (χ3n) is 14.1. The van der Waals surface area contributed by atoms with Crippen LogP contribution in [-0.2, 0) is 28.6 Å². The van der Waals surface area contributed by atoms with E-state index in [2.05, 4.69) is 34.6 Å². The summed E-state index contributed by atoms with van der Waals surface area (Å²) in [6, 6.07) is 0. The van der Waals surface area contributed by atoms with Crippen LogP contribution in [0.4, 0.5) is 0 Å². The molecule has 2 atom stereocenters. The Hall–Kier alpha value is -1.59. The molecule has 1 unspecified atom stereocenters. The van der Waals surface area contributed by atoms with E-state index >= 15 is 0 Å². The number of esters is 3. The summed E-state index contributed by atoms with van der Waals surface area (Å²) in [6.07, 6.45) is 56.7. The molecule has 0 spiro atoms. The highest BCUT2D eigenvalue weighted by Gasteiger charge is 2.19. The Bertz CT molecular complexity index is 1010. The van der Waals surface area contributed by atoms with Crippen LogP contribution in [0.25, 0.3) is 0 Å². The van der Waals surface area contributed by atoms with Gasteiger partial charge in [0.25, 0.3) is 0 Å². The Morgan fingerprint density at radius 2 is 0.576 bits per heavy atom. The van der Waals surface area contributed by atoms with Crippen molar-refractivity contribution >= 4 is 17.9 Å². The highest BCUT2D eigenvalue weighted by molar-refractivity contribution is 5.71. The van der Waals surface area contributed by atoms with Gasteiger partial charge in [-0.1, -0.05) is 298 Å². The van der Waals surface area contributed by atoms with Gasteiger partial charge < -0.3 is 14.2 Å². The molecule has 0 aromatic carbocycles. The largest absolute Gasteiger partial charge is 0.462 e. The predicted octanol–water partition coefficient (Wildman–Crippen LogP) is 19.7. The zero-order chi connectivity index (χ0) is 48.2. The van der Waals surface area contributed by atoms with Crippen LogP contribution in [0.1, 0.15) is 336 Å². The lowest BCUT2D eigenvalue weighted by Crippen LogP contribution is -2.30. The molecule has 0 aliphatic heterocycles. The minimum Gasteiger partial charge on any atom is -0.462 e. The molecule has 0 bridgehead atoms. The second-order valence-electron chi connectivity index (χ2n) is 21.4. The van der Waals surface area contributed by atoms with Gasteiger partial charge in [0, 0.05) is 19.3 Å². The summed E-state index contributed by atoms with van der Waals surface area (Å²) in [5.41, 5.74) is 0. The van der Waals surface area contributed by atoms with E-state index in [1.54, 1.807) is 0 Å². The molecule has 0 rings (SSSR count). The maximum Gasteiger partial charge on any atom is 0.306 e. The van der Waals surface area contributed by atoms with Crippen molar-refractivity contribution in [3.63, 3.8) is 0 Å². The lowest BCUT2D eigenvalue weighted by atomic mass is 9.99. The van der Waals surface area contributed by atoms with Gasteiger partial charge in [-0.15, -0.1) is 0 Å². The molecule has 0 aromatic heterocycles. The van der Waals surface area contributed by atoms with E-state index in [4.69, 9.17) is 14.2 Å². The molecule has 0 amide bonds. The average Bonchev–Trinajstić information content (AvgIpc) is 3.30. The second kappa shape index (κ2) is 52.8. The Labute approximate surface area is 412 Å². The Morgan fingerprint density at radius 3 is 0.864 bits per heavy atom. The molecule has 6 nitrogen and oxygen atoms in total. The normalized spacial score (nSPS) is 12.5. The summed E-state index contributed by atoms with van der Waals surface area (Å²) in [7, 11) is 0. The first-order valence-corrected chi connectivity index (χ1v) is 29.8. The number of carbonyl (C=O) groups excluding carboxylic acids is 3. The van der Waals surface area contributed by atoms with Crippen molar-refractivity contribution in [1.82, 2.24) is 0 Å². The van der Waals surface area contributed by atoms with Crippen LogP contribution in [0.5, 0.6) is 0 Å². The molecule has 0 N–H and O–H groups in total. The standard InChI is InChI=1S/C60H116O6/c1-6-8-9-10-11-12-13-14-15-16-17-18-19-23-26-29-35-40-45-50-58(61)64-53-57(54-65-59(62)51-46-41-36-32-31-34-39-44-49-56(5)7-2)66-60(63)52-47-42-37-30-27-24-21-20-22-25-28-33-38-43-48-55(3)4/h55-57H,6-54H2,1-5H3/t56?,57-/m1/s1. The summed E-state index contributed by atoms with van der Waals surface area (Å²) >= 11 is 0. The first-order valence-electron chi connectivity index (χ1n) is 29.8. The number of hydrogen-bond donors (Lipinski definition) is 0. The zero-order valence-electron chi connectivity index (χ0n) is 45.3. The monoisotopic (exact) mass is 933 g/mol. The van der Waals surface area contributed by atoms with Crippen LogP contribution in [0.3, 0.4) is 0 Å². The summed E-state index contributed by atoms with van der Waals surface area (Å²) in [4.78, 5) is 38.2. The third-order valence-corrected chi connectivity index (χ3v) is 14.1. The Morgan fingerprint density at radius 1 is 0.318 bits per heavy atom. The van der Waals surface area contributed by atoms with Crippen molar-refractivity contribution in [2.24, 2.45) is 11.8 Å². The Balaban J connectivity index is 4.27. The number of ether oxygens (including phenoxy) is 3. The summed E-state index contributed by atoms with van der Waals surface area (Å²) in [5, 5.41) is 0. The third kappa shape index (κ3) is 51.8. The molecule has 0 radical (unpaired) electrons. The molecular weight excluding hydrogens is 817 g/mol. The molecule has 0 aliphatic carbocycles. The van der Waals surface area contributed by atoms with Gasteiger partial charge in [-0.3, -0.25) is 14.4 Å². The van der Waals surface area contributed by atoms with Crippen LogP contribution < -0.4 is 0 Å². The van der Waals surface area contributed by atoms with Crippen LogP contribution >= 0.6 is 0 Å². The molecule has 66 heavy (non-hydrogen) atoms. The van der Waals surface area contributed by atoms with Gasteiger partial charge in [-0.05, 0) is 31.1 Å². The fraction of sp³-hybridized carbons (Fsp3) is 0.950. The lowest BCUT2D eigenvalue weighted by molar-refractivity contribution is -0.167. The van der Waals surface area contributed by atoms with Crippen LogP contribution in [-0.4, -0.2) is 37.2 Å².